The number of benzene rings is 1. The first-order valence-corrected chi connectivity index (χ1v) is 6.74. The summed E-state index contributed by atoms with van der Waals surface area (Å²) < 4.78 is 0. The lowest BCUT2D eigenvalue weighted by atomic mass is 10.0. The summed E-state index contributed by atoms with van der Waals surface area (Å²) in [6, 6.07) is 9.34. The van der Waals surface area contributed by atoms with Crippen molar-refractivity contribution in [2.24, 2.45) is 5.92 Å². The summed E-state index contributed by atoms with van der Waals surface area (Å²) in [6.45, 7) is 6.08. The fourth-order valence-corrected chi connectivity index (χ4v) is 2.30. The van der Waals surface area contributed by atoms with Gasteiger partial charge >= 0.3 is 0 Å². The zero-order chi connectivity index (χ0) is 11.3. The second-order valence-corrected chi connectivity index (χ2v) is 5.45. The first-order chi connectivity index (χ1) is 7.15. The summed E-state index contributed by atoms with van der Waals surface area (Å²) in [5.74, 6) is 0.328. The van der Waals surface area contributed by atoms with Gasteiger partial charge in [-0.25, -0.2) is 5.19 Å². The van der Waals surface area contributed by atoms with Crippen LogP contribution in [0.25, 0.3) is 0 Å². The number of hydrogen-bond donors (Lipinski definition) is 0. The maximum absolute atomic E-state index is 11.7. The van der Waals surface area contributed by atoms with Crippen molar-refractivity contribution >= 4 is 20.5 Å². The Labute approximate surface area is 94.7 Å². The zero-order valence-electron chi connectivity index (χ0n) is 9.71. The molecule has 81 valence electrons. The summed E-state index contributed by atoms with van der Waals surface area (Å²) in [4.78, 5) is 11.7. The second kappa shape index (κ2) is 5.86. The fourth-order valence-electron chi connectivity index (χ4n) is 1.36. The molecule has 0 N–H and O–H groups in total. The van der Waals surface area contributed by atoms with Gasteiger partial charge in [0.05, 0.1) is 0 Å². The molecule has 0 aromatic heterocycles. The fraction of sp³-hybridized carbons (Fsp3) is 0.462. The minimum atomic E-state index is 0.0916. The molecular weight excluding hydrogens is 200 g/mol. The van der Waals surface area contributed by atoms with E-state index in [1.807, 2.05) is 26.0 Å². The van der Waals surface area contributed by atoms with Gasteiger partial charge < -0.3 is 9.52 Å². The highest BCUT2D eigenvalue weighted by Gasteiger charge is 2.08. The average Bonchev–Trinajstić information content (AvgIpc) is 2.26. The van der Waals surface area contributed by atoms with E-state index < -0.39 is 0 Å². The Bertz CT molecular complexity index is 314. The molecule has 0 saturated carbocycles. The van der Waals surface area contributed by atoms with Gasteiger partial charge in [-0.3, -0.25) is 4.79 Å². The Hall–Kier alpha value is -0.893. The minimum Gasteiger partial charge on any atom is -0.434 e. The third-order valence-corrected chi connectivity index (χ3v) is 3.76. The Morgan fingerprint density at radius 2 is 1.87 bits per heavy atom. The predicted molar refractivity (Wildman–Crippen MR) is 66.1 cm³/mol. The normalized spacial score (nSPS) is 10.4. The quantitative estimate of drug-likeness (QED) is 0.548. The standard InChI is InChI=1S/C13H18OSi/c1-4-9-15-12-7-5-11(6-8-12)13(14)10(2)3/h5-8,10H,4,9H2,1-3H3/q-1. The molecule has 0 saturated heterocycles. The molecule has 0 atom stereocenters. The van der Waals surface area contributed by atoms with E-state index in [-0.39, 0.29) is 11.7 Å². The Morgan fingerprint density at radius 1 is 1.27 bits per heavy atom. The SMILES string of the molecule is CCC[Si-]c1ccc(C(=O)C(C)C)cc1. The van der Waals surface area contributed by atoms with Crippen molar-refractivity contribution in [1.82, 2.24) is 0 Å². The lowest BCUT2D eigenvalue weighted by Gasteiger charge is -2.16. The third kappa shape index (κ3) is 3.63. The molecule has 0 unspecified atom stereocenters. The molecule has 15 heavy (non-hydrogen) atoms. The number of ketones is 1. The van der Waals surface area contributed by atoms with Gasteiger partial charge in [-0.05, 0) is 0 Å². The Balaban J connectivity index is 2.68. The largest absolute Gasteiger partial charge is 0.434 e. The number of rotatable bonds is 5. The molecular formula is C13H18OSi-. The molecule has 1 rings (SSSR count). The van der Waals surface area contributed by atoms with Gasteiger partial charge in [-0.15, -0.1) is 0 Å². The minimum absolute atomic E-state index is 0.0916. The molecule has 1 aromatic carbocycles. The highest BCUT2D eigenvalue weighted by atomic mass is 28.2. The van der Waals surface area contributed by atoms with Gasteiger partial charge in [0, 0.05) is 11.5 Å². The second-order valence-electron chi connectivity index (χ2n) is 4.02. The van der Waals surface area contributed by atoms with E-state index in [1.165, 1.54) is 17.7 Å². The van der Waals surface area contributed by atoms with Gasteiger partial charge in [0.2, 0.25) is 0 Å². The van der Waals surface area contributed by atoms with Crippen LogP contribution in [0.2, 0.25) is 6.04 Å². The maximum Gasteiger partial charge on any atom is 0.165 e. The van der Waals surface area contributed by atoms with Crippen LogP contribution in [0.3, 0.4) is 0 Å². The summed E-state index contributed by atoms with van der Waals surface area (Å²) in [6.07, 6.45) is 1.23. The van der Waals surface area contributed by atoms with Crippen LogP contribution in [0.15, 0.2) is 24.3 Å². The highest BCUT2D eigenvalue weighted by molar-refractivity contribution is 6.53. The van der Waals surface area contributed by atoms with Crippen LogP contribution in [-0.2, 0) is 0 Å². The summed E-state index contributed by atoms with van der Waals surface area (Å²) in [5.41, 5.74) is 0.843. The molecule has 0 fully saturated rings. The van der Waals surface area contributed by atoms with Crippen LogP contribution in [0.5, 0.6) is 0 Å². The predicted octanol–water partition coefficient (Wildman–Crippen LogP) is 2.68. The zero-order valence-corrected chi connectivity index (χ0v) is 10.7. The van der Waals surface area contributed by atoms with E-state index in [2.05, 4.69) is 19.1 Å². The van der Waals surface area contributed by atoms with Gasteiger partial charge in [-0.1, -0.05) is 51.5 Å². The van der Waals surface area contributed by atoms with E-state index in [0.717, 1.165) is 15.1 Å². The van der Waals surface area contributed by atoms with E-state index >= 15 is 0 Å². The first-order valence-electron chi connectivity index (χ1n) is 5.53. The molecule has 0 aliphatic heterocycles. The van der Waals surface area contributed by atoms with Gasteiger partial charge in [0.1, 0.15) is 0 Å². The highest BCUT2D eigenvalue weighted by Crippen LogP contribution is 2.06. The number of hydrogen-bond acceptors (Lipinski definition) is 1. The summed E-state index contributed by atoms with van der Waals surface area (Å²) in [5, 5.41) is 1.36. The van der Waals surface area contributed by atoms with Crippen molar-refractivity contribution in [2.75, 3.05) is 0 Å². The van der Waals surface area contributed by atoms with E-state index in [1.54, 1.807) is 0 Å². The van der Waals surface area contributed by atoms with Crippen molar-refractivity contribution in [3.63, 3.8) is 0 Å². The number of carbonyl (C=O) groups excluding carboxylic acids is 1. The monoisotopic (exact) mass is 218 g/mol. The molecule has 1 aromatic rings. The molecule has 0 aliphatic carbocycles. The smallest absolute Gasteiger partial charge is 0.165 e. The van der Waals surface area contributed by atoms with E-state index in [9.17, 15) is 4.79 Å². The lowest BCUT2D eigenvalue weighted by Crippen LogP contribution is -2.15. The third-order valence-electron chi connectivity index (χ3n) is 2.27. The van der Waals surface area contributed by atoms with Crippen molar-refractivity contribution in [3.05, 3.63) is 29.8 Å². The van der Waals surface area contributed by atoms with Crippen LogP contribution in [0.4, 0.5) is 0 Å². The molecule has 0 aliphatic rings. The summed E-state index contributed by atoms with van der Waals surface area (Å²) in [7, 11) is 0.878. The topological polar surface area (TPSA) is 17.1 Å². The van der Waals surface area contributed by atoms with Crippen LogP contribution in [-0.4, -0.2) is 15.3 Å². The van der Waals surface area contributed by atoms with E-state index in [0.29, 0.717) is 0 Å². The van der Waals surface area contributed by atoms with Crippen molar-refractivity contribution in [1.29, 1.82) is 0 Å². The number of Topliss-reactive ketones (excluding diaryl/α,β-unsaturated/α-hetero) is 1. The molecule has 0 amide bonds. The van der Waals surface area contributed by atoms with Crippen LogP contribution in [0.1, 0.15) is 37.6 Å². The molecule has 0 spiro atoms. The van der Waals surface area contributed by atoms with Crippen molar-refractivity contribution in [3.8, 4) is 0 Å². The van der Waals surface area contributed by atoms with Crippen LogP contribution >= 0.6 is 0 Å². The molecule has 0 bridgehead atoms. The Kier molecular flexibility index (Phi) is 4.76. The number of carbonyl (C=O) groups is 1. The van der Waals surface area contributed by atoms with Crippen molar-refractivity contribution in [2.45, 2.75) is 33.2 Å². The van der Waals surface area contributed by atoms with Crippen molar-refractivity contribution < 1.29 is 4.79 Å². The molecule has 1 radical (unpaired) electrons. The summed E-state index contributed by atoms with van der Waals surface area (Å²) >= 11 is 0. The van der Waals surface area contributed by atoms with Gasteiger partial charge in [-0.2, -0.15) is 6.04 Å². The molecule has 2 heteroatoms. The maximum atomic E-state index is 11.7. The lowest BCUT2D eigenvalue weighted by molar-refractivity contribution is 0.0939. The van der Waals surface area contributed by atoms with Gasteiger partial charge in [0.15, 0.2) is 5.78 Å². The molecule has 0 heterocycles. The van der Waals surface area contributed by atoms with Crippen LogP contribution in [0, 0.1) is 5.92 Å². The van der Waals surface area contributed by atoms with E-state index in [4.69, 9.17) is 0 Å². The van der Waals surface area contributed by atoms with Crippen LogP contribution < -0.4 is 5.19 Å². The average molecular weight is 218 g/mol. The van der Waals surface area contributed by atoms with Gasteiger partial charge in [0.25, 0.3) is 0 Å². The molecule has 1 nitrogen and oxygen atoms in total. The first kappa shape index (κ1) is 12.2. The Morgan fingerprint density at radius 3 is 2.33 bits per heavy atom.